The number of amides is 2. The second-order valence-corrected chi connectivity index (χ2v) is 9.19. The molecule has 1 aromatic heterocycles. The lowest BCUT2D eigenvalue weighted by molar-refractivity contribution is -0.121. The van der Waals surface area contributed by atoms with Crippen LogP contribution in [0.15, 0.2) is 51.1 Å². The van der Waals surface area contributed by atoms with Crippen LogP contribution in [0.1, 0.15) is 9.67 Å². The summed E-state index contributed by atoms with van der Waals surface area (Å²) in [6.45, 7) is -0.425. The van der Waals surface area contributed by atoms with Crippen LogP contribution in [0.4, 0.5) is 0 Å². The van der Waals surface area contributed by atoms with Gasteiger partial charge in [-0.1, -0.05) is 18.2 Å². The third-order valence-corrected chi connectivity index (χ3v) is 6.37. The molecule has 1 heterocycles. The summed E-state index contributed by atoms with van der Waals surface area (Å²) < 4.78 is 26.3. The molecule has 0 bridgehead atoms. The smallest absolute Gasteiger partial charge is 0.272 e. The van der Waals surface area contributed by atoms with Crippen molar-refractivity contribution < 1.29 is 18.0 Å². The van der Waals surface area contributed by atoms with Crippen molar-refractivity contribution in [3.63, 3.8) is 0 Å². The SMILES string of the molecule is CN(CC(=O)NNC(=O)c1ccc(Br)s1)S(=O)(=O)c1ccccc1. The van der Waals surface area contributed by atoms with Gasteiger partial charge in [0.25, 0.3) is 11.8 Å². The molecular weight excluding hydrogens is 418 g/mol. The largest absolute Gasteiger partial charge is 0.279 e. The highest BCUT2D eigenvalue weighted by molar-refractivity contribution is 9.11. The first-order chi connectivity index (χ1) is 11.3. The molecule has 0 unspecified atom stereocenters. The van der Waals surface area contributed by atoms with Crippen LogP contribution in [0.3, 0.4) is 0 Å². The van der Waals surface area contributed by atoms with E-state index in [2.05, 4.69) is 26.8 Å². The zero-order valence-electron chi connectivity index (χ0n) is 12.5. The molecule has 0 fully saturated rings. The maximum absolute atomic E-state index is 12.3. The van der Waals surface area contributed by atoms with Crippen molar-refractivity contribution in [1.82, 2.24) is 15.2 Å². The standard InChI is InChI=1S/C14H14BrN3O4S2/c1-18(24(21,22)10-5-3-2-4-6-10)9-13(19)16-17-14(20)11-7-8-12(15)23-11/h2-8H,9H2,1H3,(H,16,19)(H,17,20). The molecule has 0 radical (unpaired) electrons. The fourth-order valence-electron chi connectivity index (χ4n) is 1.72. The van der Waals surface area contributed by atoms with Crippen molar-refractivity contribution in [3.05, 3.63) is 51.1 Å². The highest BCUT2D eigenvalue weighted by Crippen LogP contribution is 2.21. The summed E-state index contributed by atoms with van der Waals surface area (Å²) in [6.07, 6.45) is 0. The molecular formula is C14H14BrN3O4S2. The lowest BCUT2D eigenvalue weighted by Crippen LogP contribution is -2.46. The van der Waals surface area contributed by atoms with Crippen molar-refractivity contribution in [2.75, 3.05) is 13.6 Å². The number of hydrogen-bond donors (Lipinski definition) is 2. The minimum absolute atomic E-state index is 0.0905. The molecule has 2 N–H and O–H groups in total. The number of halogens is 1. The van der Waals surface area contributed by atoms with Crippen LogP contribution in [0, 0.1) is 0 Å². The van der Waals surface area contributed by atoms with E-state index in [0.717, 1.165) is 8.09 Å². The molecule has 2 amide bonds. The first kappa shape index (κ1) is 18.6. The van der Waals surface area contributed by atoms with Crippen molar-refractivity contribution in [1.29, 1.82) is 0 Å². The molecule has 128 valence electrons. The van der Waals surface area contributed by atoms with Crippen LogP contribution in [-0.4, -0.2) is 38.1 Å². The Morgan fingerprint density at radius 3 is 2.38 bits per heavy atom. The minimum Gasteiger partial charge on any atom is -0.272 e. The van der Waals surface area contributed by atoms with E-state index < -0.39 is 28.4 Å². The van der Waals surface area contributed by atoms with E-state index in [0.29, 0.717) is 4.88 Å². The highest BCUT2D eigenvalue weighted by Gasteiger charge is 2.22. The van der Waals surface area contributed by atoms with E-state index in [-0.39, 0.29) is 4.90 Å². The van der Waals surface area contributed by atoms with Crippen molar-refractivity contribution in [3.8, 4) is 0 Å². The second kappa shape index (κ2) is 7.88. The third kappa shape index (κ3) is 4.63. The monoisotopic (exact) mass is 431 g/mol. The van der Waals surface area contributed by atoms with E-state index in [9.17, 15) is 18.0 Å². The molecule has 2 aromatic rings. The molecule has 0 aliphatic carbocycles. The predicted octanol–water partition coefficient (Wildman–Crippen LogP) is 1.59. The highest BCUT2D eigenvalue weighted by atomic mass is 79.9. The quantitative estimate of drug-likeness (QED) is 0.702. The number of hydrazine groups is 1. The van der Waals surface area contributed by atoms with Gasteiger partial charge >= 0.3 is 0 Å². The van der Waals surface area contributed by atoms with Crippen molar-refractivity contribution in [2.24, 2.45) is 0 Å². The maximum atomic E-state index is 12.3. The number of thiophene rings is 1. The Morgan fingerprint density at radius 1 is 1.12 bits per heavy atom. The first-order valence-corrected chi connectivity index (χ1v) is 9.71. The molecule has 0 spiro atoms. The molecule has 0 saturated heterocycles. The fraction of sp³-hybridized carbons (Fsp3) is 0.143. The van der Waals surface area contributed by atoms with Gasteiger partial charge in [-0.05, 0) is 40.2 Å². The van der Waals surface area contributed by atoms with Crippen LogP contribution >= 0.6 is 27.3 Å². The Balaban J connectivity index is 1.91. The molecule has 24 heavy (non-hydrogen) atoms. The molecule has 7 nitrogen and oxygen atoms in total. The predicted molar refractivity (Wildman–Crippen MR) is 93.9 cm³/mol. The Bertz CT molecular complexity index is 837. The average Bonchev–Trinajstić information content (AvgIpc) is 3.00. The van der Waals surface area contributed by atoms with E-state index >= 15 is 0 Å². The van der Waals surface area contributed by atoms with Gasteiger partial charge in [0.1, 0.15) is 0 Å². The summed E-state index contributed by atoms with van der Waals surface area (Å²) >= 11 is 4.44. The van der Waals surface area contributed by atoms with Crippen LogP contribution in [0.5, 0.6) is 0 Å². The summed E-state index contributed by atoms with van der Waals surface area (Å²) in [6, 6.07) is 11.1. The van der Waals surface area contributed by atoms with Gasteiger partial charge in [0, 0.05) is 7.05 Å². The Kier molecular flexibility index (Phi) is 6.10. The van der Waals surface area contributed by atoms with Gasteiger partial charge in [0.05, 0.1) is 20.1 Å². The van der Waals surface area contributed by atoms with Crippen molar-refractivity contribution >= 4 is 49.1 Å². The summed E-state index contributed by atoms with van der Waals surface area (Å²) in [7, 11) is -2.47. The minimum atomic E-state index is -3.77. The molecule has 0 aliphatic rings. The molecule has 1 aromatic carbocycles. The van der Waals surface area contributed by atoms with Crippen LogP contribution in [0.25, 0.3) is 0 Å². The number of rotatable bonds is 5. The number of hydrogen-bond acceptors (Lipinski definition) is 5. The molecule has 2 rings (SSSR count). The molecule has 0 saturated carbocycles. The van der Waals surface area contributed by atoms with Gasteiger partial charge < -0.3 is 0 Å². The van der Waals surface area contributed by atoms with Gasteiger partial charge in [0.15, 0.2) is 0 Å². The average molecular weight is 432 g/mol. The van der Waals surface area contributed by atoms with Crippen molar-refractivity contribution in [2.45, 2.75) is 4.90 Å². The van der Waals surface area contributed by atoms with E-state index in [4.69, 9.17) is 0 Å². The summed E-state index contributed by atoms with van der Waals surface area (Å²) in [5.74, 6) is -1.13. The van der Waals surface area contributed by atoms with Crippen LogP contribution in [0.2, 0.25) is 0 Å². The summed E-state index contributed by atoms with van der Waals surface area (Å²) in [5, 5.41) is 0. The number of sulfonamides is 1. The zero-order chi connectivity index (χ0) is 17.7. The summed E-state index contributed by atoms with van der Waals surface area (Å²) in [5.41, 5.74) is 4.43. The summed E-state index contributed by atoms with van der Waals surface area (Å²) in [4.78, 5) is 24.1. The van der Waals surface area contributed by atoms with Gasteiger partial charge in [0.2, 0.25) is 10.0 Å². The Hall–Kier alpha value is -1.75. The van der Waals surface area contributed by atoms with Gasteiger partial charge in [-0.2, -0.15) is 4.31 Å². The number of likely N-dealkylation sites (N-methyl/N-ethyl adjacent to an activating group) is 1. The fourth-order valence-corrected chi connectivity index (χ4v) is 4.15. The second-order valence-electron chi connectivity index (χ2n) is 4.68. The number of carbonyl (C=O) groups is 2. The lowest BCUT2D eigenvalue weighted by atomic mass is 10.4. The molecule has 0 aliphatic heterocycles. The number of benzene rings is 1. The Morgan fingerprint density at radius 2 is 1.79 bits per heavy atom. The van der Waals surface area contributed by atoms with Gasteiger partial charge in [-0.15, -0.1) is 11.3 Å². The van der Waals surface area contributed by atoms with E-state index in [1.807, 2.05) is 0 Å². The lowest BCUT2D eigenvalue weighted by Gasteiger charge is -2.16. The zero-order valence-corrected chi connectivity index (χ0v) is 15.7. The van der Waals surface area contributed by atoms with Gasteiger partial charge in [-0.3, -0.25) is 20.4 Å². The maximum Gasteiger partial charge on any atom is 0.279 e. The third-order valence-electron chi connectivity index (χ3n) is 2.93. The molecule has 0 atom stereocenters. The number of nitrogens with one attached hydrogen (secondary N) is 2. The topological polar surface area (TPSA) is 95.6 Å². The van der Waals surface area contributed by atoms with Crippen LogP contribution < -0.4 is 10.9 Å². The van der Waals surface area contributed by atoms with Gasteiger partial charge in [-0.25, -0.2) is 8.42 Å². The number of nitrogens with zero attached hydrogens (tertiary/aromatic N) is 1. The molecule has 10 heteroatoms. The van der Waals surface area contributed by atoms with Crippen LogP contribution in [-0.2, 0) is 14.8 Å². The van der Waals surface area contributed by atoms with E-state index in [1.54, 1.807) is 30.3 Å². The Labute approximate surface area is 151 Å². The van der Waals surface area contributed by atoms with E-state index in [1.165, 1.54) is 30.5 Å². The first-order valence-electron chi connectivity index (χ1n) is 6.66. The normalized spacial score (nSPS) is 11.3. The number of carbonyl (C=O) groups excluding carboxylic acids is 2.